The molecular formula is C25H24BrN3O3. The van der Waals surface area contributed by atoms with Crippen molar-refractivity contribution in [1.29, 1.82) is 0 Å². The number of hydrazone groups is 1. The molecule has 0 aliphatic heterocycles. The third-order valence-corrected chi connectivity index (χ3v) is 6.03. The van der Waals surface area contributed by atoms with Crippen molar-refractivity contribution in [2.24, 2.45) is 5.10 Å². The molecule has 1 heterocycles. The fourth-order valence-corrected chi connectivity index (χ4v) is 4.01. The van der Waals surface area contributed by atoms with Gasteiger partial charge in [0.15, 0.2) is 5.76 Å². The van der Waals surface area contributed by atoms with Crippen molar-refractivity contribution >= 4 is 33.5 Å². The van der Waals surface area contributed by atoms with Gasteiger partial charge in [0.25, 0.3) is 11.8 Å². The maximum absolute atomic E-state index is 12.8. The molecular weight excluding hydrogens is 470 g/mol. The van der Waals surface area contributed by atoms with Gasteiger partial charge in [-0.2, -0.15) is 5.10 Å². The molecule has 2 aromatic carbocycles. The summed E-state index contributed by atoms with van der Waals surface area (Å²) in [4.78, 5) is 25.2. The maximum atomic E-state index is 12.8. The van der Waals surface area contributed by atoms with Crippen molar-refractivity contribution in [2.45, 2.75) is 39.7 Å². The summed E-state index contributed by atoms with van der Waals surface area (Å²) in [5.41, 5.74) is 7.66. The lowest BCUT2D eigenvalue weighted by Crippen LogP contribution is -2.23. The zero-order chi connectivity index (χ0) is 22.7. The minimum absolute atomic E-state index is 0.254. The van der Waals surface area contributed by atoms with Crippen LogP contribution in [0, 0.1) is 13.8 Å². The lowest BCUT2D eigenvalue weighted by atomic mass is 9.93. The highest BCUT2D eigenvalue weighted by Gasteiger charge is 2.28. The van der Waals surface area contributed by atoms with E-state index in [0.717, 1.165) is 45.5 Å². The Labute approximate surface area is 195 Å². The number of nitrogens with one attached hydrogen (secondary N) is 2. The number of aryl methyl sites for hydroxylation is 2. The van der Waals surface area contributed by atoms with Crippen molar-refractivity contribution in [2.75, 3.05) is 0 Å². The molecule has 32 heavy (non-hydrogen) atoms. The molecule has 0 saturated heterocycles. The van der Waals surface area contributed by atoms with Gasteiger partial charge in [-0.3, -0.25) is 9.59 Å². The first-order chi connectivity index (χ1) is 15.4. The second-order valence-corrected chi connectivity index (χ2v) is 8.80. The molecule has 0 fully saturated rings. The number of fused-ring (bicyclic) bond motifs is 1. The van der Waals surface area contributed by atoms with E-state index < -0.39 is 0 Å². The summed E-state index contributed by atoms with van der Waals surface area (Å²) in [6.45, 7) is 4.31. The van der Waals surface area contributed by atoms with E-state index in [2.05, 4.69) is 31.8 Å². The van der Waals surface area contributed by atoms with Gasteiger partial charge in [0.05, 0.1) is 5.71 Å². The largest absolute Gasteiger partial charge is 0.455 e. The van der Waals surface area contributed by atoms with Crippen molar-refractivity contribution < 1.29 is 14.0 Å². The molecule has 7 heteroatoms. The van der Waals surface area contributed by atoms with E-state index in [1.165, 1.54) is 5.56 Å². The van der Waals surface area contributed by atoms with E-state index >= 15 is 0 Å². The first kappa shape index (κ1) is 22.0. The van der Waals surface area contributed by atoms with Gasteiger partial charge in [-0.25, -0.2) is 5.43 Å². The maximum Gasteiger partial charge on any atom is 0.287 e. The van der Waals surface area contributed by atoms with E-state index in [1.54, 1.807) is 12.1 Å². The van der Waals surface area contributed by atoms with Crippen LogP contribution >= 0.6 is 15.9 Å². The molecule has 0 atom stereocenters. The summed E-state index contributed by atoms with van der Waals surface area (Å²) in [6.07, 6.45) is 2.29. The lowest BCUT2D eigenvalue weighted by Gasteiger charge is -2.13. The number of benzene rings is 2. The van der Waals surface area contributed by atoms with Gasteiger partial charge in [-0.1, -0.05) is 45.8 Å². The standard InChI is InChI=1S/C25H24BrN3O3/c1-15-6-8-17(9-7-15)14-27-25(31)23-16(2)22-20(4-3-5-21(22)32-23)28-29-24(30)18-10-12-19(26)13-11-18/h6-13H,3-5,14H2,1-2H3,(H,27,31)(H,29,30)/b28-20+. The zero-order valence-electron chi connectivity index (χ0n) is 18.0. The number of nitrogens with zero attached hydrogens (tertiary/aromatic N) is 1. The van der Waals surface area contributed by atoms with Gasteiger partial charge < -0.3 is 9.73 Å². The number of amides is 2. The fraction of sp³-hybridized carbons (Fsp3) is 0.240. The van der Waals surface area contributed by atoms with Crippen LogP contribution in [0.2, 0.25) is 0 Å². The molecule has 0 radical (unpaired) electrons. The van der Waals surface area contributed by atoms with E-state index in [0.29, 0.717) is 24.3 Å². The molecule has 1 aliphatic rings. The summed E-state index contributed by atoms with van der Waals surface area (Å²) in [7, 11) is 0. The number of carbonyl (C=O) groups excluding carboxylic acids is 2. The minimum Gasteiger partial charge on any atom is -0.455 e. The number of furan rings is 1. The molecule has 2 amide bonds. The van der Waals surface area contributed by atoms with E-state index in [1.807, 2.05) is 50.2 Å². The van der Waals surface area contributed by atoms with Crippen LogP contribution in [0.15, 0.2) is 62.5 Å². The zero-order valence-corrected chi connectivity index (χ0v) is 19.6. The van der Waals surface area contributed by atoms with Crippen molar-refractivity contribution in [3.05, 3.63) is 92.3 Å². The van der Waals surface area contributed by atoms with Crippen LogP contribution in [-0.2, 0) is 13.0 Å². The summed E-state index contributed by atoms with van der Waals surface area (Å²) in [5, 5.41) is 7.30. The molecule has 164 valence electrons. The first-order valence-corrected chi connectivity index (χ1v) is 11.3. The number of hydrogen-bond acceptors (Lipinski definition) is 4. The van der Waals surface area contributed by atoms with E-state index in [9.17, 15) is 9.59 Å². The van der Waals surface area contributed by atoms with E-state index in [4.69, 9.17) is 4.42 Å². The molecule has 4 rings (SSSR count). The number of rotatable bonds is 5. The van der Waals surface area contributed by atoms with Gasteiger partial charge in [-0.15, -0.1) is 0 Å². The highest BCUT2D eigenvalue weighted by atomic mass is 79.9. The molecule has 6 nitrogen and oxygen atoms in total. The Morgan fingerprint density at radius 2 is 1.72 bits per heavy atom. The predicted octanol–water partition coefficient (Wildman–Crippen LogP) is 5.06. The summed E-state index contributed by atoms with van der Waals surface area (Å²) < 4.78 is 6.83. The lowest BCUT2D eigenvalue weighted by molar-refractivity contribution is 0.0919. The predicted molar refractivity (Wildman–Crippen MR) is 127 cm³/mol. The quantitative estimate of drug-likeness (QED) is 0.487. The van der Waals surface area contributed by atoms with Gasteiger partial charge in [0, 0.05) is 34.1 Å². The molecule has 2 N–H and O–H groups in total. The fourth-order valence-electron chi connectivity index (χ4n) is 3.75. The monoisotopic (exact) mass is 493 g/mol. The third-order valence-electron chi connectivity index (χ3n) is 5.50. The highest BCUT2D eigenvalue weighted by molar-refractivity contribution is 9.10. The average Bonchev–Trinajstić information content (AvgIpc) is 3.14. The molecule has 1 aliphatic carbocycles. The highest BCUT2D eigenvalue weighted by Crippen LogP contribution is 2.30. The molecule has 0 unspecified atom stereocenters. The Morgan fingerprint density at radius 1 is 1.00 bits per heavy atom. The molecule has 1 aromatic heterocycles. The molecule has 0 saturated carbocycles. The average molecular weight is 494 g/mol. The topological polar surface area (TPSA) is 83.7 Å². The Bertz CT molecular complexity index is 1180. The Morgan fingerprint density at radius 3 is 2.44 bits per heavy atom. The van der Waals surface area contributed by atoms with E-state index in [-0.39, 0.29) is 11.8 Å². The van der Waals surface area contributed by atoms with Crippen LogP contribution < -0.4 is 10.7 Å². The normalized spacial score (nSPS) is 14.2. The van der Waals surface area contributed by atoms with Crippen LogP contribution in [0.4, 0.5) is 0 Å². The molecule has 3 aromatic rings. The van der Waals surface area contributed by atoms with Crippen molar-refractivity contribution in [3.8, 4) is 0 Å². The van der Waals surface area contributed by atoms with Crippen LogP contribution in [0.25, 0.3) is 0 Å². The smallest absolute Gasteiger partial charge is 0.287 e. The Balaban J connectivity index is 1.49. The summed E-state index contributed by atoms with van der Waals surface area (Å²) >= 11 is 3.36. The summed E-state index contributed by atoms with van der Waals surface area (Å²) in [5.74, 6) is 0.506. The summed E-state index contributed by atoms with van der Waals surface area (Å²) in [6, 6.07) is 15.1. The van der Waals surface area contributed by atoms with Crippen LogP contribution in [-0.4, -0.2) is 17.5 Å². The van der Waals surface area contributed by atoms with Gasteiger partial charge >= 0.3 is 0 Å². The van der Waals surface area contributed by atoms with Gasteiger partial charge in [-0.05, 0) is 56.5 Å². The Hall–Kier alpha value is -3.19. The second kappa shape index (κ2) is 9.53. The Kier molecular flexibility index (Phi) is 6.55. The van der Waals surface area contributed by atoms with Gasteiger partial charge in [0.1, 0.15) is 5.76 Å². The SMILES string of the molecule is Cc1ccc(CNC(=O)c2oc3c(c2C)/C(=N/NC(=O)c2ccc(Br)cc2)CCC3)cc1. The van der Waals surface area contributed by atoms with Crippen molar-refractivity contribution in [1.82, 2.24) is 10.7 Å². The third kappa shape index (κ3) is 4.83. The minimum atomic E-state index is -0.283. The number of carbonyl (C=O) groups is 2. The number of hydrogen-bond donors (Lipinski definition) is 2. The molecule has 0 spiro atoms. The van der Waals surface area contributed by atoms with Crippen LogP contribution in [0.1, 0.15) is 61.8 Å². The van der Waals surface area contributed by atoms with Gasteiger partial charge in [0.2, 0.25) is 0 Å². The van der Waals surface area contributed by atoms with Crippen molar-refractivity contribution in [3.63, 3.8) is 0 Å². The molecule has 0 bridgehead atoms. The second-order valence-electron chi connectivity index (χ2n) is 7.88. The first-order valence-electron chi connectivity index (χ1n) is 10.5. The number of halogens is 1. The van der Waals surface area contributed by atoms with Crippen LogP contribution in [0.5, 0.6) is 0 Å². The van der Waals surface area contributed by atoms with Crippen LogP contribution in [0.3, 0.4) is 0 Å².